The first-order chi connectivity index (χ1) is 13.5. The van der Waals surface area contributed by atoms with E-state index in [9.17, 15) is 22.4 Å². The lowest BCUT2D eigenvalue weighted by Crippen LogP contribution is -2.50. The van der Waals surface area contributed by atoms with Crippen molar-refractivity contribution in [1.82, 2.24) is 9.80 Å². The minimum atomic E-state index is -4.36. The van der Waals surface area contributed by atoms with E-state index >= 15 is 0 Å². The fraction of sp³-hybridized carbons (Fsp3) is 0.579. The first-order valence-corrected chi connectivity index (χ1v) is 9.67. The van der Waals surface area contributed by atoms with Crippen LogP contribution in [0.2, 0.25) is 5.02 Å². The summed E-state index contributed by atoms with van der Waals surface area (Å²) in [4.78, 5) is 13.9. The van der Waals surface area contributed by atoms with Crippen molar-refractivity contribution in [3.63, 3.8) is 0 Å². The van der Waals surface area contributed by atoms with E-state index in [2.05, 4.69) is 0 Å². The molecule has 5 nitrogen and oxygen atoms in total. The van der Waals surface area contributed by atoms with Gasteiger partial charge in [-0.15, -0.1) is 0 Å². The summed E-state index contributed by atoms with van der Waals surface area (Å²) in [5.74, 6) is -2.37. The van der Waals surface area contributed by atoms with Gasteiger partial charge in [-0.25, -0.2) is 9.18 Å². The Morgan fingerprint density at radius 3 is 2.41 bits per heavy atom. The van der Waals surface area contributed by atoms with Gasteiger partial charge in [0.25, 0.3) is 0 Å². The highest BCUT2D eigenvalue weighted by Gasteiger charge is 2.46. The lowest BCUT2D eigenvalue weighted by molar-refractivity contribution is -0.153. The number of carboxylic acids is 1. The number of alkyl halides is 4. The lowest BCUT2D eigenvalue weighted by atomic mass is 9.86. The molecule has 2 aliphatic rings. The number of likely N-dealkylation sites (tertiary alicyclic amines) is 2. The summed E-state index contributed by atoms with van der Waals surface area (Å²) in [6.45, 7) is -0.875. The second-order valence-corrected chi connectivity index (χ2v) is 8.09. The first-order valence-electron chi connectivity index (χ1n) is 9.29. The van der Waals surface area contributed by atoms with Crippen LogP contribution in [-0.2, 0) is 4.79 Å². The lowest BCUT2D eigenvalue weighted by Gasteiger charge is -2.37. The standard InChI is InChI=1S/C19H22ClF4N3O2/c20-15-4-2-1-3-12(15)13-9-26(11-19(22,23)24)10-14(13)16(25)27-7-5-18(21,6-8-27)17(28)29/h1-4,13-14,25H,5-11H2,(H,28,29)/t13-,14-/m0/s1. The quantitative estimate of drug-likeness (QED) is 0.429. The molecule has 3 rings (SSSR count). The van der Waals surface area contributed by atoms with Crippen molar-refractivity contribution in [2.24, 2.45) is 5.92 Å². The average Bonchev–Trinajstić information content (AvgIpc) is 3.03. The molecule has 2 atom stereocenters. The molecule has 2 fully saturated rings. The molecule has 0 saturated carbocycles. The van der Waals surface area contributed by atoms with Crippen LogP contribution in [0.3, 0.4) is 0 Å². The maximum atomic E-state index is 14.3. The van der Waals surface area contributed by atoms with Crippen molar-refractivity contribution in [1.29, 1.82) is 5.41 Å². The molecule has 2 heterocycles. The van der Waals surface area contributed by atoms with Gasteiger partial charge in [-0.2, -0.15) is 13.2 Å². The van der Waals surface area contributed by atoms with Gasteiger partial charge in [-0.05, 0) is 11.6 Å². The van der Waals surface area contributed by atoms with Crippen LogP contribution < -0.4 is 0 Å². The highest BCUT2D eigenvalue weighted by atomic mass is 35.5. The molecule has 160 valence electrons. The van der Waals surface area contributed by atoms with E-state index in [1.165, 1.54) is 4.90 Å². The van der Waals surface area contributed by atoms with Crippen LogP contribution in [0.5, 0.6) is 0 Å². The number of benzene rings is 1. The number of amidine groups is 1. The number of nitrogens with zero attached hydrogens (tertiary/aromatic N) is 2. The normalized spacial score (nSPS) is 25.2. The SMILES string of the molecule is N=C([C@H]1CN(CC(F)(F)F)C[C@H]1c1ccccc1Cl)N1CCC(F)(C(=O)O)CC1. The van der Waals surface area contributed by atoms with Crippen LogP contribution in [0.15, 0.2) is 24.3 Å². The second-order valence-electron chi connectivity index (χ2n) is 7.69. The smallest absolute Gasteiger partial charge is 0.401 e. The molecule has 0 bridgehead atoms. The van der Waals surface area contributed by atoms with E-state index in [0.29, 0.717) is 10.6 Å². The number of carboxylic acid groups (broad SMARTS) is 1. The van der Waals surface area contributed by atoms with Crippen LogP contribution in [0.1, 0.15) is 24.3 Å². The Labute approximate surface area is 170 Å². The minimum Gasteiger partial charge on any atom is -0.479 e. The number of hydrogen-bond donors (Lipinski definition) is 2. The third-order valence-corrected chi connectivity index (χ3v) is 6.08. The Morgan fingerprint density at radius 2 is 1.86 bits per heavy atom. The van der Waals surface area contributed by atoms with Gasteiger partial charge in [0.15, 0.2) is 0 Å². The maximum absolute atomic E-state index is 14.3. The number of halogens is 5. The summed E-state index contributed by atoms with van der Waals surface area (Å²) in [5, 5.41) is 18.0. The van der Waals surface area contributed by atoms with Gasteiger partial charge in [0, 0.05) is 55.9 Å². The average molecular weight is 436 g/mol. The summed E-state index contributed by atoms with van der Waals surface area (Å²) >= 11 is 6.27. The topological polar surface area (TPSA) is 67.6 Å². The molecular weight excluding hydrogens is 414 g/mol. The molecule has 0 aliphatic carbocycles. The highest BCUT2D eigenvalue weighted by Crippen LogP contribution is 2.39. The van der Waals surface area contributed by atoms with Gasteiger partial charge in [-0.1, -0.05) is 29.8 Å². The fourth-order valence-electron chi connectivity index (χ4n) is 4.19. The van der Waals surface area contributed by atoms with Crippen LogP contribution in [0.4, 0.5) is 17.6 Å². The summed E-state index contributed by atoms with van der Waals surface area (Å²) < 4.78 is 53.1. The first kappa shape index (κ1) is 21.8. The van der Waals surface area contributed by atoms with Crippen molar-refractivity contribution < 1.29 is 27.5 Å². The number of rotatable bonds is 4. The number of carbonyl (C=O) groups is 1. The van der Waals surface area contributed by atoms with E-state index in [4.69, 9.17) is 22.1 Å². The van der Waals surface area contributed by atoms with Crippen molar-refractivity contribution in [3.8, 4) is 0 Å². The Kier molecular flexibility index (Phi) is 6.10. The Bertz CT molecular complexity index is 781. The predicted octanol–water partition coefficient (Wildman–Crippen LogP) is 3.78. The molecule has 0 amide bonds. The van der Waals surface area contributed by atoms with Crippen LogP contribution in [-0.4, -0.2) is 71.3 Å². The minimum absolute atomic E-state index is 0.0322. The Balaban J connectivity index is 1.79. The van der Waals surface area contributed by atoms with Gasteiger partial charge >= 0.3 is 12.1 Å². The Morgan fingerprint density at radius 1 is 1.24 bits per heavy atom. The molecule has 2 saturated heterocycles. The molecule has 0 radical (unpaired) electrons. The van der Waals surface area contributed by atoms with Crippen molar-refractivity contribution in [3.05, 3.63) is 34.9 Å². The maximum Gasteiger partial charge on any atom is 0.401 e. The van der Waals surface area contributed by atoms with Gasteiger partial charge in [0.1, 0.15) is 5.84 Å². The molecule has 10 heteroatoms. The molecule has 0 aromatic heterocycles. The summed E-state index contributed by atoms with van der Waals surface area (Å²) in [6, 6.07) is 6.89. The van der Waals surface area contributed by atoms with Crippen molar-refractivity contribution >= 4 is 23.4 Å². The molecule has 0 spiro atoms. The van der Waals surface area contributed by atoms with E-state index < -0.39 is 36.2 Å². The van der Waals surface area contributed by atoms with Crippen LogP contribution in [0.25, 0.3) is 0 Å². The van der Waals surface area contributed by atoms with Gasteiger partial charge < -0.3 is 10.0 Å². The third kappa shape index (κ3) is 4.83. The van der Waals surface area contributed by atoms with Crippen molar-refractivity contribution in [2.75, 3.05) is 32.7 Å². The molecule has 1 aromatic rings. The van der Waals surface area contributed by atoms with E-state index in [0.717, 1.165) is 0 Å². The zero-order chi connectivity index (χ0) is 21.4. The van der Waals surface area contributed by atoms with E-state index in [1.54, 1.807) is 29.2 Å². The van der Waals surface area contributed by atoms with Gasteiger partial charge in [0.2, 0.25) is 5.67 Å². The molecule has 29 heavy (non-hydrogen) atoms. The van der Waals surface area contributed by atoms with Crippen LogP contribution >= 0.6 is 11.6 Å². The monoisotopic (exact) mass is 435 g/mol. The number of aliphatic carboxylic acids is 1. The summed E-state index contributed by atoms with van der Waals surface area (Å²) in [6.07, 6.45) is -4.89. The largest absolute Gasteiger partial charge is 0.479 e. The second kappa shape index (κ2) is 8.10. The zero-order valence-corrected chi connectivity index (χ0v) is 16.3. The highest BCUT2D eigenvalue weighted by molar-refractivity contribution is 6.31. The Hall–Kier alpha value is -1.87. The predicted molar refractivity (Wildman–Crippen MR) is 100 cm³/mol. The molecule has 2 N–H and O–H groups in total. The third-order valence-electron chi connectivity index (χ3n) is 5.73. The summed E-state index contributed by atoms with van der Waals surface area (Å²) in [7, 11) is 0. The van der Waals surface area contributed by atoms with Crippen molar-refractivity contribution in [2.45, 2.75) is 30.6 Å². The number of hydrogen-bond acceptors (Lipinski definition) is 3. The van der Waals surface area contributed by atoms with E-state index in [-0.39, 0.29) is 44.9 Å². The molecule has 0 unspecified atom stereocenters. The zero-order valence-electron chi connectivity index (χ0n) is 15.6. The van der Waals surface area contributed by atoms with Gasteiger partial charge in [0.05, 0.1) is 6.54 Å². The van der Waals surface area contributed by atoms with Gasteiger partial charge in [-0.3, -0.25) is 10.3 Å². The number of nitrogens with one attached hydrogen (secondary N) is 1. The molecule has 1 aromatic carbocycles. The molecule has 2 aliphatic heterocycles. The van der Waals surface area contributed by atoms with Crippen LogP contribution in [0, 0.1) is 11.3 Å². The van der Waals surface area contributed by atoms with E-state index in [1.807, 2.05) is 0 Å². The summed E-state index contributed by atoms with van der Waals surface area (Å²) in [5.41, 5.74) is -1.65. The molecular formula is C19H22ClF4N3O2. The number of piperidine rings is 1. The fourth-order valence-corrected chi connectivity index (χ4v) is 4.46.